The van der Waals surface area contributed by atoms with E-state index >= 15 is 0 Å². The third-order valence-corrected chi connectivity index (χ3v) is 6.79. The van der Waals surface area contributed by atoms with E-state index in [9.17, 15) is 23.1 Å². The molecule has 0 spiro atoms. The van der Waals surface area contributed by atoms with Gasteiger partial charge in [0.2, 0.25) is 0 Å². The van der Waals surface area contributed by atoms with Crippen LogP contribution in [0, 0.1) is 17.8 Å². The molecule has 2 atom stereocenters. The van der Waals surface area contributed by atoms with Crippen LogP contribution >= 0.6 is 0 Å². The quantitative estimate of drug-likeness (QED) is 0.553. The topological polar surface area (TPSA) is 62.7 Å². The van der Waals surface area contributed by atoms with Crippen LogP contribution in [0.3, 0.4) is 0 Å². The Hall–Kier alpha value is -2.77. The zero-order chi connectivity index (χ0) is 23.6. The van der Waals surface area contributed by atoms with E-state index in [0.717, 1.165) is 24.5 Å². The number of pyridine rings is 1. The maximum absolute atomic E-state index is 13.3. The summed E-state index contributed by atoms with van der Waals surface area (Å²) in [6.45, 7) is 3.23. The van der Waals surface area contributed by atoms with Crippen LogP contribution in [0.15, 0.2) is 42.6 Å². The van der Waals surface area contributed by atoms with Gasteiger partial charge in [0, 0.05) is 19.3 Å². The zero-order valence-electron chi connectivity index (χ0n) is 18.6. The Bertz CT molecular complexity index is 969. The summed E-state index contributed by atoms with van der Waals surface area (Å²) < 4.78 is 46.0. The van der Waals surface area contributed by atoms with Gasteiger partial charge < -0.3 is 14.7 Å². The van der Waals surface area contributed by atoms with Crippen LogP contribution in [-0.4, -0.2) is 35.8 Å². The van der Waals surface area contributed by atoms with E-state index in [0.29, 0.717) is 44.2 Å². The number of aliphatic carboxylic acids is 1. The molecule has 2 heterocycles. The lowest BCUT2D eigenvalue weighted by molar-refractivity contribution is -0.142. The second kappa shape index (κ2) is 9.61. The predicted octanol–water partition coefficient (Wildman–Crippen LogP) is 5.61. The standard InChI is InChI=1S/C25H29F3N2O3/c1-16(24(31)32)22(18-7-8-18)19-4-2-5-20(14-19)33-15-17-9-12-30(13-10-17)23-21(25(26,27)28)6-3-11-29-23/h2-6,11,14,16-18,22H,7-10,12-13,15H2,1H3,(H,31,32)/t16-,22-/m0/s1. The van der Waals surface area contributed by atoms with Crippen LogP contribution in [0.25, 0.3) is 0 Å². The van der Waals surface area contributed by atoms with Crippen molar-refractivity contribution in [3.05, 3.63) is 53.7 Å². The molecule has 2 fully saturated rings. The van der Waals surface area contributed by atoms with E-state index in [1.54, 1.807) is 11.8 Å². The van der Waals surface area contributed by atoms with E-state index in [4.69, 9.17) is 4.74 Å². The van der Waals surface area contributed by atoms with Gasteiger partial charge in [-0.3, -0.25) is 4.79 Å². The number of hydrogen-bond donors (Lipinski definition) is 1. The molecular formula is C25H29F3N2O3. The van der Waals surface area contributed by atoms with E-state index in [-0.39, 0.29) is 17.7 Å². The monoisotopic (exact) mass is 462 g/mol. The van der Waals surface area contributed by atoms with E-state index in [1.165, 1.54) is 12.3 Å². The van der Waals surface area contributed by atoms with Crippen LogP contribution < -0.4 is 9.64 Å². The van der Waals surface area contributed by atoms with E-state index in [1.807, 2.05) is 24.3 Å². The minimum absolute atomic E-state index is 0.00395. The summed E-state index contributed by atoms with van der Waals surface area (Å²) in [4.78, 5) is 17.3. The number of nitrogens with zero attached hydrogens (tertiary/aromatic N) is 2. The average molecular weight is 463 g/mol. The van der Waals surface area contributed by atoms with Gasteiger partial charge in [0.25, 0.3) is 0 Å². The van der Waals surface area contributed by atoms with Crippen molar-refractivity contribution in [2.45, 2.75) is 44.7 Å². The summed E-state index contributed by atoms with van der Waals surface area (Å²) >= 11 is 0. The minimum atomic E-state index is -4.43. The summed E-state index contributed by atoms with van der Waals surface area (Å²) in [6.07, 6.45) is 0.511. The second-order valence-corrected chi connectivity index (χ2v) is 9.18. The molecule has 2 aromatic rings. The number of carbonyl (C=O) groups is 1. The van der Waals surface area contributed by atoms with Crippen molar-refractivity contribution in [3.8, 4) is 5.75 Å². The normalized spacial score (nSPS) is 19.2. The van der Waals surface area contributed by atoms with Crippen molar-refractivity contribution in [2.24, 2.45) is 17.8 Å². The number of benzene rings is 1. The third-order valence-electron chi connectivity index (χ3n) is 6.79. The number of aromatic nitrogens is 1. The minimum Gasteiger partial charge on any atom is -0.493 e. The van der Waals surface area contributed by atoms with Crippen molar-refractivity contribution in [3.63, 3.8) is 0 Å². The molecule has 1 aliphatic carbocycles. The molecule has 8 heteroatoms. The van der Waals surface area contributed by atoms with Gasteiger partial charge in [-0.15, -0.1) is 0 Å². The lowest BCUT2D eigenvalue weighted by Crippen LogP contribution is -2.37. The van der Waals surface area contributed by atoms with Crippen LogP contribution in [0.4, 0.5) is 19.0 Å². The van der Waals surface area contributed by atoms with Gasteiger partial charge >= 0.3 is 12.1 Å². The third kappa shape index (κ3) is 5.60. The maximum atomic E-state index is 13.3. The maximum Gasteiger partial charge on any atom is 0.419 e. The number of carboxylic acid groups (broad SMARTS) is 1. The van der Waals surface area contributed by atoms with Crippen LogP contribution in [-0.2, 0) is 11.0 Å². The SMILES string of the molecule is C[C@H](C(=O)O)[C@H](c1cccc(OCC2CCN(c3ncccc3C(F)(F)F)CC2)c1)C1CC1. The molecule has 0 unspecified atom stereocenters. The van der Waals surface area contributed by atoms with Gasteiger partial charge in [0.15, 0.2) is 0 Å². The average Bonchev–Trinajstić information content (AvgIpc) is 3.63. The lowest BCUT2D eigenvalue weighted by atomic mass is 9.83. The van der Waals surface area contributed by atoms with Gasteiger partial charge in [-0.2, -0.15) is 13.2 Å². The van der Waals surface area contributed by atoms with Crippen LogP contribution in [0.5, 0.6) is 5.75 Å². The molecule has 1 aliphatic heterocycles. The fourth-order valence-corrected chi connectivity index (χ4v) is 4.79. The Morgan fingerprint density at radius 3 is 2.55 bits per heavy atom. The number of halogens is 3. The van der Waals surface area contributed by atoms with Crippen molar-refractivity contribution < 1.29 is 27.8 Å². The highest BCUT2D eigenvalue weighted by Gasteiger charge is 2.39. The number of hydrogen-bond acceptors (Lipinski definition) is 4. The Labute approximate surface area is 191 Å². The number of carboxylic acids is 1. The Kier molecular flexibility index (Phi) is 6.81. The molecule has 0 radical (unpaired) electrons. The second-order valence-electron chi connectivity index (χ2n) is 9.18. The number of alkyl halides is 3. The van der Waals surface area contributed by atoms with Crippen LogP contribution in [0.2, 0.25) is 0 Å². The van der Waals surface area contributed by atoms with Gasteiger partial charge in [-0.25, -0.2) is 4.98 Å². The van der Waals surface area contributed by atoms with Crippen molar-refractivity contribution >= 4 is 11.8 Å². The molecule has 33 heavy (non-hydrogen) atoms. The van der Waals surface area contributed by atoms with Gasteiger partial charge in [-0.05, 0) is 73.3 Å². The molecule has 1 saturated carbocycles. The molecule has 1 saturated heterocycles. The number of piperidine rings is 1. The lowest BCUT2D eigenvalue weighted by Gasteiger charge is -2.34. The smallest absolute Gasteiger partial charge is 0.419 e. The molecule has 4 rings (SSSR count). The van der Waals surface area contributed by atoms with E-state index in [2.05, 4.69) is 4.98 Å². The molecule has 1 aromatic carbocycles. The first-order valence-corrected chi connectivity index (χ1v) is 11.5. The fraction of sp³-hybridized carbons (Fsp3) is 0.520. The highest BCUT2D eigenvalue weighted by atomic mass is 19.4. The van der Waals surface area contributed by atoms with Gasteiger partial charge in [0.05, 0.1) is 18.1 Å². The van der Waals surface area contributed by atoms with Crippen molar-refractivity contribution in [1.82, 2.24) is 4.98 Å². The first kappa shape index (κ1) is 23.4. The zero-order valence-corrected chi connectivity index (χ0v) is 18.6. The van der Waals surface area contributed by atoms with Crippen molar-refractivity contribution in [1.29, 1.82) is 0 Å². The highest BCUT2D eigenvalue weighted by Crippen LogP contribution is 2.47. The largest absolute Gasteiger partial charge is 0.493 e. The molecule has 1 aromatic heterocycles. The summed E-state index contributed by atoms with van der Waals surface area (Å²) in [5.41, 5.74) is 0.298. The summed E-state index contributed by atoms with van der Waals surface area (Å²) in [5, 5.41) is 9.50. The summed E-state index contributed by atoms with van der Waals surface area (Å²) in [7, 11) is 0. The van der Waals surface area contributed by atoms with Crippen LogP contribution in [0.1, 0.15) is 49.7 Å². The van der Waals surface area contributed by atoms with Gasteiger partial charge in [-0.1, -0.05) is 19.1 Å². The molecular weight excluding hydrogens is 433 g/mol. The fourth-order valence-electron chi connectivity index (χ4n) is 4.79. The Balaban J connectivity index is 1.35. The summed E-state index contributed by atoms with van der Waals surface area (Å²) in [6, 6.07) is 10.1. The molecule has 0 amide bonds. The number of rotatable bonds is 8. The molecule has 2 aliphatic rings. The highest BCUT2D eigenvalue weighted by molar-refractivity contribution is 5.71. The number of ether oxygens (including phenoxy) is 1. The van der Waals surface area contributed by atoms with Crippen molar-refractivity contribution in [2.75, 3.05) is 24.6 Å². The Morgan fingerprint density at radius 1 is 1.18 bits per heavy atom. The Morgan fingerprint density at radius 2 is 1.91 bits per heavy atom. The molecule has 5 nitrogen and oxygen atoms in total. The first-order chi connectivity index (χ1) is 15.7. The first-order valence-electron chi connectivity index (χ1n) is 11.5. The van der Waals surface area contributed by atoms with E-state index < -0.39 is 23.6 Å². The van der Waals surface area contributed by atoms with Gasteiger partial charge in [0.1, 0.15) is 11.6 Å². The molecule has 0 bridgehead atoms. The predicted molar refractivity (Wildman–Crippen MR) is 118 cm³/mol. The molecule has 178 valence electrons. The summed E-state index contributed by atoms with van der Waals surface area (Å²) in [5.74, 6) is 0.0919. The molecule has 1 N–H and O–H groups in total. The number of anilines is 1.